The van der Waals surface area contributed by atoms with Gasteiger partial charge in [0.2, 0.25) is 6.29 Å². The highest BCUT2D eigenvalue weighted by atomic mass is 16.8. The number of carbonyl (C=O) groups is 3. The van der Waals surface area contributed by atoms with Gasteiger partial charge < -0.3 is 85.2 Å². The topological polar surface area (TPSA) is 330 Å². The Morgan fingerprint density at radius 2 is 1.56 bits per heavy atom. The first-order valence-corrected chi connectivity index (χ1v) is 15.5. The van der Waals surface area contributed by atoms with Crippen LogP contribution in [0.2, 0.25) is 0 Å². The zero-order chi connectivity index (χ0) is 36.6. The Hall–Kier alpha value is -3.93. The second-order valence-corrected chi connectivity index (χ2v) is 12.3. The number of aliphatic hydroxyl groups excluding tert-OH is 7. The summed E-state index contributed by atoms with van der Waals surface area (Å²) in [4.78, 5) is 35.5. The van der Waals surface area contributed by atoms with Crippen LogP contribution in [0.4, 0.5) is 5.69 Å². The summed E-state index contributed by atoms with van der Waals surface area (Å²) in [7, 11) is 0. The Balaban J connectivity index is 1.41. The van der Waals surface area contributed by atoms with E-state index in [0.29, 0.717) is 11.1 Å². The minimum absolute atomic E-state index is 0.0840. The Labute approximate surface area is 282 Å². The lowest BCUT2D eigenvalue weighted by molar-refractivity contribution is -0.840. The molecule has 13 atom stereocenters. The summed E-state index contributed by atoms with van der Waals surface area (Å²) in [6, 6.07) is 0.0151. The van der Waals surface area contributed by atoms with Crippen LogP contribution in [0.5, 0.6) is 11.5 Å². The molecule has 4 heterocycles. The lowest BCUT2D eigenvalue weighted by Crippen LogP contribution is -3.11. The van der Waals surface area contributed by atoms with Crippen molar-refractivity contribution >= 4 is 23.6 Å². The predicted octanol–water partition coefficient (Wildman–Crippen LogP) is -7.07. The number of quaternary nitrogens is 1. The van der Waals surface area contributed by atoms with E-state index in [2.05, 4.69) is 5.32 Å². The number of carboxylic acid groups (broad SMARTS) is 3. The normalized spacial score (nSPS) is 37.8. The van der Waals surface area contributed by atoms with Gasteiger partial charge in [-0.05, 0) is 23.8 Å². The molecular weight excluding hydrogens is 676 g/mol. The lowest BCUT2D eigenvalue weighted by Gasteiger charge is -2.45. The number of hydrogen-bond acceptors (Lipinski definition) is 17. The van der Waals surface area contributed by atoms with E-state index in [-0.39, 0.29) is 41.4 Å². The molecule has 0 saturated carbocycles. The molecule has 1 aromatic rings. The Bertz CT molecular complexity index is 1520. The number of aliphatic hydroxyl groups is 7. The second-order valence-electron chi connectivity index (χ2n) is 12.3. The zero-order valence-electron chi connectivity index (χ0n) is 26.0. The first-order valence-electron chi connectivity index (χ1n) is 15.5. The number of ether oxygens (including phenoxy) is 4. The molecule has 0 amide bonds. The van der Waals surface area contributed by atoms with Crippen LogP contribution in [0.15, 0.2) is 35.6 Å². The summed E-state index contributed by atoms with van der Waals surface area (Å²) in [5, 5.41) is 116. The fraction of sp³-hybridized carbons (Fsp3) is 0.567. The molecule has 2 fully saturated rings. The number of carboxylic acids is 3. The van der Waals surface area contributed by atoms with Gasteiger partial charge in [-0.2, -0.15) is 0 Å². The van der Waals surface area contributed by atoms with Gasteiger partial charge in [0, 0.05) is 24.5 Å². The first kappa shape index (κ1) is 37.3. The van der Waals surface area contributed by atoms with Crippen molar-refractivity contribution in [1.82, 2.24) is 5.32 Å². The number of phenolic OH excluding ortho intramolecular Hbond substituents is 1. The van der Waals surface area contributed by atoms with Gasteiger partial charge in [-0.1, -0.05) is 0 Å². The van der Waals surface area contributed by atoms with Crippen LogP contribution in [0.3, 0.4) is 0 Å². The monoisotopic (exact) mass is 714 g/mol. The first-order chi connectivity index (χ1) is 23.6. The van der Waals surface area contributed by atoms with E-state index in [1.54, 1.807) is 0 Å². The van der Waals surface area contributed by atoms with Crippen LogP contribution >= 0.6 is 0 Å². The third-order valence-corrected chi connectivity index (χ3v) is 9.08. The highest BCUT2D eigenvalue weighted by Crippen LogP contribution is 2.37. The smallest absolute Gasteiger partial charge is 0.351 e. The van der Waals surface area contributed by atoms with Crippen molar-refractivity contribution in [2.45, 2.75) is 86.3 Å². The van der Waals surface area contributed by atoms with Gasteiger partial charge in [0.25, 0.3) is 0 Å². The van der Waals surface area contributed by atoms with Crippen molar-refractivity contribution in [2.24, 2.45) is 0 Å². The molecule has 5 rings (SSSR count). The van der Waals surface area contributed by atoms with Crippen LogP contribution in [-0.4, -0.2) is 162 Å². The molecule has 2 saturated heterocycles. The minimum atomic E-state index is -1.92. The molecule has 50 heavy (non-hydrogen) atoms. The summed E-state index contributed by atoms with van der Waals surface area (Å²) in [5.41, 5.74) is 0.587. The highest BCUT2D eigenvalue weighted by molar-refractivity contribution is 5.89. The fourth-order valence-electron chi connectivity index (χ4n) is 6.35. The van der Waals surface area contributed by atoms with Crippen LogP contribution < -0.4 is 20.1 Å². The number of nitrogens with one attached hydrogen (secondary N) is 2. The number of phenols is 1. The van der Waals surface area contributed by atoms with E-state index in [0.717, 1.165) is 0 Å². The van der Waals surface area contributed by atoms with Crippen molar-refractivity contribution in [1.29, 1.82) is 0 Å². The van der Waals surface area contributed by atoms with Crippen LogP contribution in [0, 0.1) is 0 Å². The van der Waals surface area contributed by atoms with Crippen LogP contribution in [-0.2, 0) is 35.0 Å². The van der Waals surface area contributed by atoms with E-state index >= 15 is 0 Å². The van der Waals surface area contributed by atoms with Crippen molar-refractivity contribution in [3.63, 3.8) is 0 Å². The van der Waals surface area contributed by atoms with E-state index in [4.69, 9.17) is 18.9 Å². The maximum absolute atomic E-state index is 12.2. The molecule has 0 bridgehead atoms. The SMILES string of the molecule is O=C(O)C1=CC(=CC[NH+]2c3cc(O)c(OC4OC(CO)C(O)C(O)C4OC4OC(CO)C(O)C(O)C4O)cc3CC2C(=O)[O-])CC(C(=O)O)N1. The average molecular weight is 715 g/mol. The molecule has 13 unspecified atom stereocenters. The molecule has 20 nitrogen and oxygen atoms in total. The number of rotatable bonds is 11. The third-order valence-electron chi connectivity index (χ3n) is 9.08. The zero-order valence-corrected chi connectivity index (χ0v) is 26.0. The van der Waals surface area contributed by atoms with E-state index < -0.39 is 110 Å². The predicted molar refractivity (Wildman–Crippen MR) is 156 cm³/mol. The minimum Gasteiger partial charge on any atom is -0.544 e. The molecule has 4 aliphatic rings. The number of carbonyl (C=O) groups excluding carboxylic acids is 1. The Kier molecular flexibility index (Phi) is 11.3. The summed E-state index contributed by atoms with van der Waals surface area (Å²) in [6.07, 6.45) is -14.8. The third kappa shape index (κ3) is 7.41. The highest BCUT2D eigenvalue weighted by Gasteiger charge is 2.51. The summed E-state index contributed by atoms with van der Waals surface area (Å²) in [5.74, 6) is -5.03. The Morgan fingerprint density at radius 3 is 2.16 bits per heavy atom. The Morgan fingerprint density at radius 1 is 0.920 bits per heavy atom. The molecule has 20 heteroatoms. The van der Waals surface area contributed by atoms with Crippen LogP contribution in [0.1, 0.15) is 12.0 Å². The van der Waals surface area contributed by atoms with Crippen molar-refractivity contribution < 1.29 is 94.4 Å². The van der Waals surface area contributed by atoms with Crippen LogP contribution in [0.25, 0.3) is 0 Å². The summed E-state index contributed by atoms with van der Waals surface area (Å²) < 4.78 is 22.4. The molecule has 12 N–H and O–H groups in total. The number of fused-ring (bicyclic) bond motifs is 1. The van der Waals surface area contributed by atoms with Gasteiger partial charge in [-0.15, -0.1) is 0 Å². The van der Waals surface area contributed by atoms with Gasteiger partial charge in [-0.3, -0.25) is 4.90 Å². The van der Waals surface area contributed by atoms with Crippen molar-refractivity contribution in [3.8, 4) is 11.5 Å². The molecule has 0 aromatic heterocycles. The maximum Gasteiger partial charge on any atom is 0.351 e. The molecule has 4 aliphatic heterocycles. The second kappa shape index (κ2) is 15.1. The fourth-order valence-corrected chi connectivity index (χ4v) is 6.35. The van der Waals surface area contributed by atoms with Crippen molar-refractivity contribution in [2.75, 3.05) is 19.8 Å². The van der Waals surface area contributed by atoms with E-state index in [1.807, 2.05) is 0 Å². The van der Waals surface area contributed by atoms with Gasteiger partial charge in [0.15, 0.2) is 23.9 Å². The number of allylic oxidation sites excluding steroid dienone is 1. The molecule has 276 valence electrons. The molecule has 0 spiro atoms. The molecular formula is C30H38N2O18. The van der Waals surface area contributed by atoms with Gasteiger partial charge in [0.1, 0.15) is 78.7 Å². The quantitative estimate of drug-likeness (QED) is 0.101. The van der Waals surface area contributed by atoms with E-state index in [9.17, 15) is 70.6 Å². The van der Waals surface area contributed by atoms with Gasteiger partial charge in [-0.25, -0.2) is 9.59 Å². The summed E-state index contributed by atoms with van der Waals surface area (Å²) >= 11 is 0. The lowest BCUT2D eigenvalue weighted by atomic mass is 9.97. The largest absolute Gasteiger partial charge is 0.544 e. The standard InChI is InChI=1S/C30H38N2O18/c33-8-18-20(36)22(38)24(40)29(48-18)50-25-23(39)21(37)19(9-34)49-30(25)47-17-6-11-5-15(28(45)46)32(14(11)7-16(17)35)2-1-10-3-12(26(41)42)31-13(4-10)27(43)44/h1,3,6-7,13,15,18-25,29-31,33-40H,2,4-5,8-9H2,(H,41,42)(H,43,44)(H,45,46). The number of aliphatic carboxylic acids is 3. The van der Waals surface area contributed by atoms with Crippen molar-refractivity contribution in [3.05, 3.63) is 41.1 Å². The maximum atomic E-state index is 12.2. The van der Waals surface area contributed by atoms with Gasteiger partial charge >= 0.3 is 11.9 Å². The molecule has 1 aromatic carbocycles. The van der Waals surface area contributed by atoms with Gasteiger partial charge in [0.05, 0.1) is 13.2 Å². The average Bonchev–Trinajstić information content (AvgIpc) is 3.43. The number of benzene rings is 1. The molecule has 0 aliphatic carbocycles. The van der Waals surface area contributed by atoms with E-state index in [1.165, 1.54) is 24.3 Å². The summed E-state index contributed by atoms with van der Waals surface area (Å²) in [6.45, 7) is -1.69. The number of aromatic hydroxyl groups is 1. The molecule has 0 radical (unpaired) electrons. The number of hydrogen-bond donors (Lipinski definition) is 12.